The van der Waals surface area contributed by atoms with E-state index < -0.39 is 0 Å². The van der Waals surface area contributed by atoms with Crippen LogP contribution in [0.2, 0.25) is 0 Å². The molecule has 4 nitrogen and oxygen atoms in total. The van der Waals surface area contributed by atoms with Gasteiger partial charge in [-0.3, -0.25) is 4.98 Å². The van der Waals surface area contributed by atoms with E-state index in [0.29, 0.717) is 18.1 Å². The molecule has 1 aromatic rings. The molecule has 20 heavy (non-hydrogen) atoms. The van der Waals surface area contributed by atoms with Crippen molar-refractivity contribution in [3.63, 3.8) is 0 Å². The highest BCUT2D eigenvalue weighted by Gasteiger charge is 2.36. The van der Waals surface area contributed by atoms with Gasteiger partial charge in [0.15, 0.2) is 5.75 Å². The van der Waals surface area contributed by atoms with Gasteiger partial charge in [0, 0.05) is 30.4 Å². The SMILES string of the molecule is CCN(c1cc(C)ncc1OC)C1CC2CCC(C1)N2. The van der Waals surface area contributed by atoms with Crippen LogP contribution in [-0.2, 0) is 0 Å². The number of methoxy groups -OCH3 is 1. The molecule has 3 heterocycles. The standard InChI is InChI=1S/C16H25N3O/c1-4-19(14-8-12-5-6-13(9-14)18-12)15-7-11(2)17-10-16(15)20-3/h7,10,12-14,18H,4-6,8-9H2,1-3H3. The van der Waals surface area contributed by atoms with Crippen LogP contribution in [0.1, 0.15) is 38.3 Å². The van der Waals surface area contributed by atoms with Gasteiger partial charge in [-0.05, 0) is 45.6 Å². The van der Waals surface area contributed by atoms with Gasteiger partial charge in [0.25, 0.3) is 0 Å². The fourth-order valence-corrected chi connectivity index (χ4v) is 3.82. The second-order valence-electron chi connectivity index (χ2n) is 6.05. The van der Waals surface area contributed by atoms with Crippen LogP contribution in [0.15, 0.2) is 12.3 Å². The quantitative estimate of drug-likeness (QED) is 0.916. The Morgan fingerprint density at radius 2 is 2.05 bits per heavy atom. The maximum absolute atomic E-state index is 5.52. The molecule has 2 bridgehead atoms. The van der Waals surface area contributed by atoms with E-state index >= 15 is 0 Å². The van der Waals surface area contributed by atoms with Gasteiger partial charge in [-0.2, -0.15) is 0 Å². The summed E-state index contributed by atoms with van der Waals surface area (Å²) in [6, 6.07) is 4.20. The first-order valence-corrected chi connectivity index (χ1v) is 7.74. The summed E-state index contributed by atoms with van der Waals surface area (Å²) in [5, 5.41) is 3.72. The van der Waals surface area contributed by atoms with E-state index in [9.17, 15) is 0 Å². The van der Waals surface area contributed by atoms with Gasteiger partial charge in [-0.15, -0.1) is 0 Å². The van der Waals surface area contributed by atoms with Crippen LogP contribution in [0.3, 0.4) is 0 Å². The van der Waals surface area contributed by atoms with Crippen LogP contribution < -0.4 is 15.0 Å². The van der Waals surface area contributed by atoms with Crippen molar-refractivity contribution in [3.05, 3.63) is 18.0 Å². The number of nitrogens with one attached hydrogen (secondary N) is 1. The summed E-state index contributed by atoms with van der Waals surface area (Å²) >= 11 is 0. The fraction of sp³-hybridized carbons (Fsp3) is 0.688. The lowest BCUT2D eigenvalue weighted by Gasteiger charge is -2.39. The molecular weight excluding hydrogens is 250 g/mol. The van der Waals surface area contributed by atoms with Crippen molar-refractivity contribution in [3.8, 4) is 5.75 Å². The highest BCUT2D eigenvalue weighted by atomic mass is 16.5. The monoisotopic (exact) mass is 275 g/mol. The zero-order chi connectivity index (χ0) is 14.1. The number of aryl methyl sites for hydroxylation is 1. The molecule has 2 aliphatic heterocycles. The first-order chi connectivity index (χ1) is 9.71. The van der Waals surface area contributed by atoms with Crippen molar-refractivity contribution in [2.45, 2.75) is 57.7 Å². The van der Waals surface area contributed by atoms with E-state index in [1.165, 1.54) is 31.4 Å². The third-order valence-corrected chi connectivity index (χ3v) is 4.74. The first kappa shape index (κ1) is 13.7. The summed E-state index contributed by atoms with van der Waals surface area (Å²) < 4.78 is 5.52. The van der Waals surface area contributed by atoms with Crippen molar-refractivity contribution in [1.29, 1.82) is 0 Å². The van der Waals surface area contributed by atoms with Gasteiger partial charge >= 0.3 is 0 Å². The minimum atomic E-state index is 0.620. The number of rotatable bonds is 4. The lowest BCUT2D eigenvalue weighted by atomic mass is 9.97. The maximum Gasteiger partial charge on any atom is 0.160 e. The topological polar surface area (TPSA) is 37.4 Å². The van der Waals surface area contributed by atoms with Gasteiger partial charge in [0.2, 0.25) is 0 Å². The van der Waals surface area contributed by atoms with Gasteiger partial charge < -0.3 is 15.0 Å². The molecule has 0 amide bonds. The molecule has 3 rings (SSSR count). The highest BCUT2D eigenvalue weighted by Crippen LogP contribution is 2.35. The fourth-order valence-electron chi connectivity index (χ4n) is 3.82. The lowest BCUT2D eigenvalue weighted by molar-refractivity contribution is 0.345. The number of aromatic nitrogens is 1. The van der Waals surface area contributed by atoms with Gasteiger partial charge in [-0.25, -0.2) is 0 Å². The summed E-state index contributed by atoms with van der Waals surface area (Å²) in [5.41, 5.74) is 2.25. The molecule has 0 spiro atoms. The van der Waals surface area contributed by atoms with E-state index in [1.807, 2.05) is 13.1 Å². The molecule has 110 valence electrons. The Labute approximate surface area is 121 Å². The predicted molar refractivity (Wildman–Crippen MR) is 81.5 cm³/mol. The third kappa shape index (κ3) is 2.49. The number of ether oxygens (including phenoxy) is 1. The minimum Gasteiger partial charge on any atom is -0.493 e. The normalized spacial score (nSPS) is 28.4. The maximum atomic E-state index is 5.52. The molecule has 4 heteroatoms. The number of piperidine rings is 1. The van der Waals surface area contributed by atoms with Crippen LogP contribution in [0.4, 0.5) is 5.69 Å². The molecule has 0 radical (unpaired) electrons. The summed E-state index contributed by atoms with van der Waals surface area (Å²) in [5.74, 6) is 0.892. The number of nitrogens with zero attached hydrogens (tertiary/aromatic N) is 2. The Morgan fingerprint density at radius 1 is 1.35 bits per heavy atom. The van der Waals surface area contributed by atoms with Gasteiger partial charge in [0.1, 0.15) is 0 Å². The van der Waals surface area contributed by atoms with Gasteiger partial charge in [0.05, 0.1) is 19.0 Å². The van der Waals surface area contributed by atoms with Crippen molar-refractivity contribution >= 4 is 5.69 Å². The first-order valence-electron chi connectivity index (χ1n) is 7.74. The van der Waals surface area contributed by atoms with E-state index in [4.69, 9.17) is 4.74 Å². The van der Waals surface area contributed by atoms with Crippen LogP contribution in [0.25, 0.3) is 0 Å². The molecule has 2 unspecified atom stereocenters. The molecule has 1 aromatic heterocycles. The summed E-state index contributed by atoms with van der Waals surface area (Å²) in [6.45, 7) is 5.30. The van der Waals surface area contributed by atoms with Crippen molar-refractivity contribution < 1.29 is 4.74 Å². The van der Waals surface area contributed by atoms with Crippen LogP contribution in [0, 0.1) is 6.92 Å². The minimum absolute atomic E-state index is 0.620. The number of hydrogen-bond acceptors (Lipinski definition) is 4. The molecule has 0 aliphatic carbocycles. The van der Waals surface area contributed by atoms with Crippen molar-refractivity contribution in [2.75, 3.05) is 18.6 Å². The van der Waals surface area contributed by atoms with Crippen molar-refractivity contribution in [1.82, 2.24) is 10.3 Å². The predicted octanol–water partition coefficient (Wildman–Crippen LogP) is 2.51. The van der Waals surface area contributed by atoms with E-state index in [1.54, 1.807) is 7.11 Å². The number of pyridine rings is 1. The molecule has 2 fully saturated rings. The molecular formula is C16H25N3O. The highest BCUT2D eigenvalue weighted by molar-refractivity contribution is 5.59. The van der Waals surface area contributed by atoms with Crippen molar-refractivity contribution in [2.24, 2.45) is 0 Å². The Hall–Kier alpha value is -1.29. The average Bonchev–Trinajstić information content (AvgIpc) is 2.79. The Balaban J connectivity index is 1.87. The Kier molecular flexibility index (Phi) is 3.83. The molecule has 2 aliphatic rings. The average molecular weight is 275 g/mol. The van der Waals surface area contributed by atoms with Crippen LogP contribution >= 0.6 is 0 Å². The smallest absolute Gasteiger partial charge is 0.160 e. The third-order valence-electron chi connectivity index (χ3n) is 4.74. The summed E-state index contributed by atoms with van der Waals surface area (Å²) in [4.78, 5) is 6.86. The van der Waals surface area contributed by atoms with E-state index in [0.717, 1.165) is 18.0 Å². The lowest BCUT2D eigenvalue weighted by Crippen LogP contribution is -2.48. The molecule has 2 saturated heterocycles. The zero-order valence-corrected chi connectivity index (χ0v) is 12.7. The molecule has 0 aromatic carbocycles. The second-order valence-corrected chi connectivity index (χ2v) is 6.05. The van der Waals surface area contributed by atoms with Crippen LogP contribution in [0.5, 0.6) is 5.75 Å². The number of hydrogen-bond donors (Lipinski definition) is 1. The summed E-state index contributed by atoms with van der Waals surface area (Å²) in [6.07, 6.45) is 7.02. The molecule has 1 N–H and O–H groups in total. The zero-order valence-electron chi connectivity index (χ0n) is 12.7. The second kappa shape index (κ2) is 5.60. The van der Waals surface area contributed by atoms with E-state index in [-0.39, 0.29) is 0 Å². The molecule has 2 atom stereocenters. The number of fused-ring (bicyclic) bond motifs is 2. The summed E-state index contributed by atoms with van der Waals surface area (Å²) in [7, 11) is 1.73. The number of anilines is 1. The van der Waals surface area contributed by atoms with Gasteiger partial charge in [-0.1, -0.05) is 0 Å². The Bertz CT molecular complexity index is 465. The van der Waals surface area contributed by atoms with Crippen LogP contribution in [-0.4, -0.2) is 36.8 Å². The van der Waals surface area contributed by atoms with E-state index in [2.05, 4.69) is 28.2 Å². The largest absolute Gasteiger partial charge is 0.493 e. The molecule has 0 saturated carbocycles. The Morgan fingerprint density at radius 3 is 2.65 bits per heavy atom.